The smallest absolute Gasteiger partial charge is 0.340 e. The number of ether oxygens (including phenoxy) is 3. The van der Waals surface area contributed by atoms with Crippen molar-refractivity contribution in [3.05, 3.63) is 63.7 Å². The molecule has 0 bridgehead atoms. The van der Waals surface area contributed by atoms with Crippen molar-refractivity contribution in [3.8, 4) is 5.75 Å². The molecule has 0 aromatic heterocycles. The number of rotatable bonds is 7. The lowest BCUT2D eigenvalue weighted by Crippen LogP contribution is -2.37. The molecule has 0 saturated carbocycles. The Morgan fingerprint density at radius 3 is 2.64 bits per heavy atom. The molecule has 8 nitrogen and oxygen atoms in total. The molecule has 8 heteroatoms. The number of carbonyl (C=O) groups excluding carboxylic acids is 1. The molecule has 148 valence electrons. The molecule has 0 atom stereocenters. The molecule has 0 amide bonds. The fraction of sp³-hybridized carbons (Fsp3) is 0.350. The average molecular weight is 386 g/mol. The van der Waals surface area contributed by atoms with Gasteiger partial charge in [0.25, 0.3) is 5.69 Å². The van der Waals surface area contributed by atoms with Crippen LogP contribution in [0.4, 0.5) is 11.4 Å². The number of carbonyl (C=O) groups is 1. The number of nitro groups is 1. The number of hydrogen-bond donors (Lipinski definition) is 0. The van der Waals surface area contributed by atoms with Crippen molar-refractivity contribution in [2.75, 3.05) is 44.4 Å². The van der Waals surface area contributed by atoms with Crippen molar-refractivity contribution >= 4 is 17.3 Å². The van der Waals surface area contributed by atoms with E-state index in [1.807, 2.05) is 36.1 Å². The number of non-ortho nitro benzene ring substituents is 1. The SMILES string of the molecule is Cc1ccccc1OCCOC(=O)c1cc([N+](=O)[O-])ccc1N1CCOCC1. The third-order valence-electron chi connectivity index (χ3n) is 4.43. The maximum absolute atomic E-state index is 12.6. The molecule has 3 rings (SSSR count). The van der Waals surface area contributed by atoms with E-state index in [4.69, 9.17) is 14.2 Å². The molecule has 0 aliphatic carbocycles. The maximum atomic E-state index is 12.6. The van der Waals surface area contributed by atoms with Crippen molar-refractivity contribution in [1.82, 2.24) is 0 Å². The first kappa shape index (κ1) is 19.6. The first-order valence-corrected chi connectivity index (χ1v) is 9.03. The molecule has 0 spiro atoms. The molecule has 1 fully saturated rings. The number of anilines is 1. The summed E-state index contributed by atoms with van der Waals surface area (Å²) in [6.07, 6.45) is 0. The fourth-order valence-electron chi connectivity index (χ4n) is 2.96. The van der Waals surface area contributed by atoms with Gasteiger partial charge in [-0.15, -0.1) is 0 Å². The van der Waals surface area contributed by atoms with Crippen molar-refractivity contribution < 1.29 is 23.9 Å². The van der Waals surface area contributed by atoms with E-state index < -0.39 is 10.9 Å². The van der Waals surface area contributed by atoms with Gasteiger partial charge in [0, 0.05) is 25.2 Å². The molecule has 2 aromatic rings. The van der Waals surface area contributed by atoms with Crippen LogP contribution in [-0.2, 0) is 9.47 Å². The quantitative estimate of drug-likeness (QED) is 0.313. The highest BCUT2D eigenvalue weighted by Gasteiger charge is 2.23. The minimum Gasteiger partial charge on any atom is -0.490 e. The van der Waals surface area contributed by atoms with Crippen molar-refractivity contribution in [1.29, 1.82) is 0 Å². The Hall–Kier alpha value is -3.13. The van der Waals surface area contributed by atoms with Gasteiger partial charge in [-0.1, -0.05) is 18.2 Å². The number of morpholine rings is 1. The summed E-state index contributed by atoms with van der Waals surface area (Å²) in [5.74, 6) is 0.112. The Morgan fingerprint density at radius 1 is 1.18 bits per heavy atom. The van der Waals surface area contributed by atoms with Gasteiger partial charge in [0.1, 0.15) is 19.0 Å². The van der Waals surface area contributed by atoms with E-state index in [1.54, 1.807) is 6.07 Å². The highest BCUT2D eigenvalue weighted by Crippen LogP contribution is 2.27. The topological polar surface area (TPSA) is 91.1 Å². The van der Waals surface area contributed by atoms with Crippen LogP contribution >= 0.6 is 0 Å². The molecule has 0 unspecified atom stereocenters. The van der Waals surface area contributed by atoms with E-state index in [1.165, 1.54) is 12.1 Å². The lowest BCUT2D eigenvalue weighted by molar-refractivity contribution is -0.384. The van der Waals surface area contributed by atoms with E-state index in [9.17, 15) is 14.9 Å². The lowest BCUT2D eigenvalue weighted by atomic mass is 10.1. The predicted octanol–water partition coefficient (Wildman–Crippen LogP) is 2.98. The summed E-state index contributed by atoms with van der Waals surface area (Å²) in [5, 5.41) is 11.1. The molecule has 1 aliphatic rings. The number of benzene rings is 2. The first-order chi connectivity index (χ1) is 13.6. The Balaban J connectivity index is 1.67. The molecule has 0 N–H and O–H groups in total. The normalized spacial score (nSPS) is 13.8. The minimum atomic E-state index is -0.612. The van der Waals surface area contributed by atoms with Crippen LogP contribution in [0, 0.1) is 17.0 Å². The van der Waals surface area contributed by atoms with E-state index in [2.05, 4.69) is 0 Å². The third-order valence-corrected chi connectivity index (χ3v) is 4.43. The summed E-state index contributed by atoms with van der Waals surface area (Å²) in [6, 6.07) is 11.8. The number of para-hydroxylation sites is 1. The second-order valence-corrected chi connectivity index (χ2v) is 6.31. The highest BCUT2D eigenvalue weighted by atomic mass is 16.6. The van der Waals surface area contributed by atoms with Gasteiger partial charge in [-0.2, -0.15) is 0 Å². The first-order valence-electron chi connectivity index (χ1n) is 9.03. The number of hydrogen-bond acceptors (Lipinski definition) is 7. The number of esters is 1. The van der Waals surface area contributed by atoms with Gasteiger partial charge in [-0.05, 0) is 24.6 Å². The molecule has 1 aliphatic heterocycles. The van der Waals surface area contributed by atoms with Gasteiger partial charge in [-0.3, -0.25) is 10.1 Å². The van der Waals surface area contributed by atoms with Gasteiger partial charge in [-0.25, -0.2) is 4.79 Å². The van der Waals surface area contributed by atoms with Crippen LogP contribution in [0.3, 0.4) is 0 Å². The number of aryl methyl sites for hydroxylation is 1. The predicted molar refractivity (Wildman–Crippen MR) is 103 cm³/mol. The lowest BCUT2D eigenvalue weighted by Gasteiger charge is -2.30. The molecule has 1 heterocycles. The van der Waals surface area contributed by atoms with Crippen LogP contribution in [0.2, 0.25) is 0 Å². The van der Waals surface area contributed by atoms with E-state index >= 15 is 0 Å². The Bertz CT molecular complexity index is 848. The van der Waals surface area contributed by atoms with Crippen molar-refractivity contribution in [3.63, 3.8) is 0 Å². The monoisotopic (exact) mass is 386 g/mol. The van der Waals surface area contributed by atoms with E-state index in [-0.39, 0.29) is 24.5 Å². The van der Waals surface area contributed by atoms with Gasteiger partial charge >= 0.3 is 5.97 Å². The zero-order valence-corrected chi connectivity index (χ0v) is 15.6. The molecular formula is C20H22N2O6. The largest absolute Gasteiger partial charge is 0.490 e. The molecule has 28 heavy (non-hydrogen) atoms. The summed E-state index contributed by atoms with van der Waals surface area (Å²) in [4.78, 5) is 25.2. The summed E-state index contributed by atoms with van der Waals surface area (Å²) in [7, 11) is 0. The number of nitrogens with zero attached hydrogens (tertiary/aromatic N) is 2. The molecule has 0 radical (unpaired) electrons. The second kappa shape index (κ2) is 9.18. The summed E-state index contributed by atoms with van der Waals surface area (Å²) in [6.45, 7) is 4.45. The van der Waals surface area contributed by atoms with Gasteiger partial charge in [0.15, 0.2) is 0 Å². The molecule has 1 saturated heterocycles. The van der Waals surface area contributed by atoms with Crippen molar-refractivity contribution in [2.24, 2.45) is 0 Å². The zero-order chi connectivity index (χ0) is 19.9. The van der Waals surface area contributed by atoms with Crippen LogP contribution in [0.15, 0.2) is 42.5 Å². The van der Waals surface area contributed by atoms with Gasteiger partial charge < -0.3 is 19.1 Å². The van der Waals surface area contributed by atoms with Crippen LogP contribution in [0.5, 0.6) is 5.75 Å². The summed E-state index contributed by atoms with van der Waals surface area (Å²) in [5.41, 5.74) is 1.62. The van der Waals surface area contributed by atoms with Crippen LogP contribution in [-0.4, -0.2) is 50.4 Å². The second-order valence-electron chi connectivity index (χ2n) is 6.31. The molecule has 2 aromatic carbocycles. The average Bonchev–Trinajstić information content (AvgIpc) is 2.72. The summed E-state index contributed by atoms with van der Waals surface area (Å²) < 4.78 is 16.3. The van der Waals surface area contributed by atoms with Crippen molar-refractivity contribution in [2.45, 2.75) is 6.92 Å². The highest BCUT2D eigenvalue weighted by molar-refractivity contribution is 5.96. The van der Waals surface area contributed by atoms with Gasteiger partial charge in [0.05, 0.1) is 29.4 Å². The van der Waals surface area contributed by atoms with E-state index in [0.717, 1.165) is 11.3 Å². The fourth-order valence-corrected chi connectivity index (χ4v) is 2.96. The minimum absolute atomic E-state index is 0.0401. The van der Waals surface area contributed by atoms with Crippen LogP contribution < -0.4 is 9.64 Å². The Morgan fingerprint density at radius 2 is 1.93 bits per heavy atom. The Labute approximate surface area is 162 Å². The zero-order valence-electron chi connectivity index (χ0n) is 15.6. The third kappa shape index (κ3) is 4.77. The standard InChI is InChI=1S/C20H22N2O6/c1-15-4-2-3-5-19(15)27-12-13-28-20(23)17-14-16(22(24)25)6-7-18(17)21-8-10-26-11-9-21/h2-7,14H,8-13H2,1H3. The van der Waals surface area contributed by atoms with Crippen LogP contribution in [0.25, 0.3) is 0 Å². The Kier molecular flexibility index (Phi) is 6.44. The van der Waals surface area contributed by atoms with Crippen LogP contribution in [0.1, 0.15) is 15.9 Å². The molecular weight excluding hydrogens is 364 g/mol. The summed E-state index contributed by atoms with van der Waals surface area (Å²) >= 11 is 0. The maximum Gasteiger partial charge on any atom is 0.340 e. The number of nitro benzene ring substituents is 1. The van der Waals surface area contributed by atoms with E-state index in [0.29, 0.717) is 32.0 Å². The van der Waals surface area contributed by atoms with Gasteiger partial charge in [0.2, 0.25) is 0 Å².